The van der Waals surface area contributed by atoms with Crippen LogP contribution in [0.4, 0.5) is 11.4 Å². The Morgan fingerprint density at radius 3 is 1.96 bits per heavy atom. The van der Waals surface area contributed by atoms with Gasteiger partial charge >= 0.3 is 0 Å². The second kappa shape index (κ2) is 8.17. The van der Waals surface area contributed by atoms with Crippen molar-refractivity contribution in [3.05, 3.63) is 41.5 Å². The lowest BCUT2D eigenvalue weighted by molar-refractivity contribution is 0.102. The molecular weight excluding hydrogens is 372 g/mol. The maximum atomic E-state index is 12.6. The Balaban J connectivity index is 2.30. The molecule has 0 heterocycles. The SMILES string of the molecule is COc1cc(NC(=O)c2cc(OC)c(C)c(OC)c2)ccc1NS(C)(=O)=O. The van der Waals surface area contributed by atoms with Gasteiger partial charge in [0.05, 0.1) is 33.3 Å². The number of methoxy groups -OCH3 is 3. The van der Waals surface area contributed by atoms with Gasteiger partial charge in [-0.25, -0.2) is 8.42 Å². The normalized spacial score (nSPS) is 10.9. The maximum Gasteiger partial charge on any atom is 0.255 e. The van der Waals surface area contributed by atoms with Crippen LogP contribution in [0.25, 0.3) is 0 Å². The summed E-state index contributed by atoms with van der Waals surface area (Å²) in [5.41, 5.74) is 1.85. The van der Waals surface area contributed by atoms with Crippen molar-refractivity contribution in [1.29, 1.82) is 0 Å². The van der Waals surface area contributed by atoms with Crippen LogP contribution >= 0.6 is 0 Å². The zero-order chi connectivity index (χ0) is 20.2. The predicted molar refractivity (Wildman–Crippen MR) is 104 cm³/mol. The third-order valence-electron chi connectivity index (χ3n) is 3.77. The molecule has 0 atom stereocenters. The number of nitrogens with one attached hydrogen (secondary N) is 2. The molecule has 146 valence electrons. The Labute approximate surface area is 158 Å². The lowest BCUT2D eigenvalue weighted by Gasteiger charge is -2.14. The smallest absolute Gasteiger partial charge is 0.255 e. The third-order valence-corrected chi connectivity index (χ3v) is 4.36. The summed E-state index contributed by atoms with van der Waals surface area (Å²) in [5, 5.41) is 2.74. The van der Waals surface area contributed by atoms with Gasteiger partial charge in [-0.2, -0.15) is 0 Å². The van der Waals surface area contributed by atoms with Gasteiger partial charge in [0.25, 0.3) is 5.91 Å². The minimum absolute atomic E-state index is 0.275. The zero-order valence-electron chi connectivity index (χ0n) is 15.7. The highest BCUT2D eigenvalue weighted by Gasteiger charge is 2.15. The van der Waals surface area contributed by atoms with Gasteiger partial charge in [0.2, 0.25) is 10.0 Å². The molecule has 9 heteroatoms. The van der Waals surface area contributed by atoms with E-state index in [0.717, 1.165) is 11.8 Å². The molecule has 0 aliphatic heterocycles. The molecule has 0 fully saturated rings. The number of amides is 1. The third kappa shape index (κ3) is 5.04. The second-order valence-electron chi connectivity index (χ2n) is 5.75. The van der Waals surface area contributed by atoms with Gasteiger partial charge in [0.15, 0.2) is 0 Å². The molecule has 0 saturated carbocycles. The van der Waals surface area contributed by atoms with Crippen molar-refractivity contribution in [3.8, 4) is 17.2 Å². The molecule has 0 aromatic heterocycles. The molecule has 0 radical (unpaired) electrons. The quantitative estimate of drug-likeness (QED) is 0.748. The fourth-order valence-corrected chi connectivity index (χ4v) is 3.04. The number of anilines is 2. The van der Waals surface area contributed by atoms with Crippen LogP contribution in [0.15, 0.2) is 30.3 Å². The topological polar surface area (TPSA) is 103 Å². The largest absolute Gasteiger partial charge is 0.496 e. The first-order valence-corrected chi connectivity index (χ1v) is 9.77. The Kier molecular flexibility index (Phi) is 6.17. The summed E-state index contributed by atoms with van der Waals surface area (Å²) in [6.07, 6.45) is 1.04. The van der Waals surface area contributed by atoms with E-state index in [1.807, 2.05) is 6.92 Å². The van der Waals surface area contributed by atoms with Gasteiger partial charge in [-0.1, -0.05) is 0 Å². The van der Waals surface area contributed by atoms with E-state index in [1.54, 1.807) is 18.2 Å². The van der Waals surface area contributed by atoms with Gasteiger partial charge in [-0.3, -0.25) is 9.52 Å². The molecule has 27 heavy (non-hydrogen) atoms. The number of benzene rings is 2. The summed E-state index contributed by atoms with van der Waals surface area (Å²) < 4.78 is 40.9. The second-order valence-corrected chi connectivity index (χ2v) is 7.50. The molecule has 1 amide bonds. The van der Waals surface area contributed by atoms with Crippen molar-refractivity contribution in [3.63, 3.8) is 0 Å². The van der Waals surface area contributed by atoms with E-state index in [9.17, 15) is 13.2 Å². The van der Waals surface area contributed by atoms with Gasteiger partial charge in [-0.05, 0) is 31.2 Å². The van der Waals surface area contributed by atoms with Crippen LogP contribution in [0.3, 0.4) is 0 Å². The molecule has 0 spiro atoms. The number of carbonyl (C=O) groups is 1. The van der Waals surface area contributed by atoms with Crippen molar-refractivity contribution < 1.29 is 27.4 Å². The molecular formula is C18H22N2O6S. The summed E-state index contributed by atoms with van der Waals surface area (Å²) in [6, 6.07) is 7.82. The first-order chi connectivity index (χ1) is 12.7. The molecule has 2 rings (SSSR count). The number of hydrogen-bond acceptors (Lipinski definition) is 6. The average molecular weight is 394 g/mol. The van der Waals surface area contributed by atoms with Crippen molar-refractivity contribution in [2.45, 2.75) is 6.92 Å². The molecule has 2 aromatic carbocycles. The predicted octanol–water partition coefficient (Wildman–Crippen LogP) is 2.64. The molecule has 0 bridgehead atoms. The zero-order valence-corrected chi connectivity index (χ0v) is 16.6. The van der Waals surface area contributed by atoms with Crippen molar-refractivity contribution >= 4 is 27.3 Å². The van der Waals surface area contributed by atoms with E-state index < -0.39 is 10.0 Å². The summed E-state index contributed by atoms with van der Waals surface area (Å²) in [6.45, 7) is 1.83. The molecule has 0 aliphatic rings. The van der Waals surface area contributed by atoms with E-state index in [-0.39, 0.29) is 17.3 Å². The lowest BCUT2D eigenvalue weighted by atomic mass is 10.1. The number of ether oxygens (including phenoxy) is 3. The van der Waals surface area contributed by atoms with Gasteiger partial charge < -0.3 is 19.5 Å². The lowest BCUT2D eigenvalue weighted by Crippen LogP contribution is -2.14. The maximum absolute atomic E-state index is 12.6. The molecule has 8 nitrogen and oxygen atoms in total. The number of carbonyl (C=O) groups excluding carboxylic acids is 1. The van der Waals surface area contributed by atoms with Crippen molar-refractivity contribution in [2.75, 3.05) is 37.6 Å². The molecule has 0 saturated heterocycles. The van der Waals surface area contributed by atoms with E-state index in [4.69, 9.17) is 14.2 Å². The Bertz CT molecular complexity index is 931. The van der Waals surface area contributed by atoms with Crippen molar-refractivity contribution in [2.24, 2.45) is 0 Å². The number of hydrogen-bond donors (Lipinski definition) is 2. The minimum atomic E-state index is -3.45. The minimum Gasteiger partial charge on any atom is -0.496 e. The van der Waals surface area contributed by atoms with Crippen molar-refractivity contribution in [1.82, 2.24) is 0 Å². The van der Waals surface area contributed by atoms with E-state index in [2.05, 4.69) is 10.0 Å². The monoisotopic (exact) mass is 394 g/mol. The highest BCUT2D eigenvalue weighted by Crippen LogP contribution is 2.31. The average Bonchev–Trinajstić information content (AvgIpc) is 2.61. The standard InChI is InChI=1S/C18H22N2O6S/c1-11-15(24-2)8-12(9-16(11)25-3)18(21)19-13-6-7-14(17(10-13)26-4)20-27(5,22)23/h6-10,20H,1-5H3,(H,19,21). The van der Waals surface area contributed by atoms with Crippen LogP contribution in [-0.2, 0) is 10.0 Å². The van der Waals surface area contributed by atoms with Gasteiger partial charge in [0, 0.05) is 22.9 Å². The van der Waals surface area contributed by atoms with Crippen LogP contribution in [0.2, 0.25) is 0 Å². The van der Waals surface area contributed by atoms with Crippen LogP contribution in [0.1, 0.15) is 15.9 Å². The summed E-state index contributed by atoms with van der Waals surface area (Å²) >= 11 is 0. The van der Waals surface area contributed by atoms with E-state index in [0.29, 0.717) is 22.7 Å². The molecule has 2 N–H and O–H groups in total. The summed E-state index contributed by atoms with van der Waals surface area (Å²) in [4.78, 5) is 12.6. The summed E-state index contributed by atoms with van der Waals surface area (Å²) in [7, 11) is 0.985. The van der Waals surface area contributed by atoms with Crippen LogP contribution in [0.5, 0.6) is 17.2 Å². The number of sulfonamides is 1. The summed E-state index contributed by atoms with van der Waals surface area (Å²) in [5.74, 6) is 0.962. The Hall–Kier alpha value is -2.94. The highest BCUT2D eigenvalue weighted by atomic mass is 32.2. The molecule has 2 aromatic rings. The number of rotatable bonds is 7. The van der Waals surface area contributed by atoms with E-state index >= 15 is 0 Å². The fourth-order valence-electron chi connectivity index (χ4n) is 2.47. The fraction of sp³-hybridized carbons (Fsp3) is 0.278. The first-order valence-electron chi connectivity index (χ1n) is 7.88. The van der Waals surface area contributed by atoms with Gasteiger partial charge in [0.1, 0.15) is 17.2 Å². The Morgan fingerprint density at radius 2 is 1.48 bits per heavy atom. The van der Waals surface area contributed by atoms with Gasteiger partial charge in [-0.15, -0.1) is 0 Å². The van der Waals surface area contributed by atoms with Crippen LogP contribution in [-0.4, -0.2) is 41.9 Å². The van der Waals surface area contributed by atoms with Crippen LogP contribution < -0.4 is 24.2 Å². The van der Waals surface area contributed by atoms with Crippen LogP contribution in [0, 0.1) is 6.92 Å². The first kappa shape index (κ1) is 20.4. The van der Waals surface area contributed by atoms with E-state index in [1.165, 1.54) is 33.5 Å². The highest BCUT2D eigenvalue weighted by molar-refractivity contribution is 7.92. The molecule has 0 aliphatic carbocycles. The molecule has 0 unspecified atom stereocenters. The Morgan fingerprint density at radius 1 is 0.926 bits per heavy atom.